The normalized spacial score (nSPS) is 14.6. The van der Waals surface area contributed by atoms with Gasteiger partial charge >= 0.3 is 0 Å². The van der Waals surface area contributed by atoms with E-state index in [4.69, 9.17) is 9.47 Å². The van der Waals surface area contributed by atoms with Crippen molar-refractivity contribution in [2.24, 2.45) is 0 Å². The van der Waals surface area contributed by atoms with Gasteiger partial charge in [0.1, 0.15) is 18.7 Å². The third-order valence-corrected chi connectivity index (χ3v) is 2.29. The summed E-state index contributed by atoms with van der Waals surface area (Å²) in [6, 6.07) is 1.99. The fourth-order valence-corrected chi connectivity index (χ4v) is 1.70. The topological polar surface area (TPSA) is 47.1 Å². The average Bonchev–Trinajstić information content (AvgIpc) is 2.59. The van der Waals surface area contributed by atoms with Crippen LogP contribution < -0.4 is 9.47 Å². The second-order valence-corrected chi connectivity index (χ2v) is 3.36. The maximum Gasteiger partial charge on any atom is 0.188 e. The molecule has 72 valence electrons. The van der Waals surface area contributed by atoms with E-state index in [-0.39, 0.29) is 0 Å². The van der Waals surface area contributed by atoms with Crippen LogP contribution in [-0.4, -0.2) is 23.2 Å². The summed E-state index contributed by atoms with van der Waals surface area (Å²) in [6.07, 6.45) is 1.71. The third kappa shape index (κ3) is 0.968. The monoisotopic (exact) mass is 190 g/mol. The SMILES string of the molecule is Cc1cc2ncc3c(c2[nH]1)OCCO3. The van der Waals surface area contributed by atoms with E-state index in [0.717, 1.165) is 28.2 Å². The molecule has 0 spiro atoms. The molecule has 0 aliphatic carbocycles. The minimum Gasteiger partial charge on any atom is -0.484 e. The molecule has 1 N–H and O–H groups in total. The summed E-state index contributed by atoms with van der Waals surface area (Å²) in [5, 5.41) is 0. The molecule has 0 aromatic carbocycles. The molecule has 0 radical (unpaired) electrons. The van der Waals surface area contributed by atoms with Gasteiger partial charge in [-0.3, -0.25) is 4.98 Å². The predicted molar refractivity (Wildman–Crippen MR) is 51.8 cm³/mol. The molecule has 0 atom stereocenters. The van der Waals surface area contributed by atoms with E-state index in [2.05, 4.69) is 9.97 Å². The summed E-state index contributed by atoms with van der Waals surface area (Å²) >= 11 is 0. The summed E-state index contributed by atoms with van der Waals surface area (Å²) in [4.78, 5) is 7.50. The lowest BCUT2D eigenvalue weighted by molar-refractivity contribution is 0.173. The number of H-pyrrole nitrogens is 1. The maximum absolute atomic E-state index is 5.55. The molecule has 0 amide bonds. The largest absolute Gasteiger partial charge is 0.484 e. The zero-order chi connectivity index (χ0) is 9.54. The maximum atomic E-state index is 5.55. The molecule has 2 aromatic heterocycles. The van der Waals surface area contributed by atoms with E-state index in [1.54, 1.807) is 6.20 Å². The number of hydrogen-bond acceptors (Lipinski definition) is 3. The molecule has 0 unspecified atom stereocenters. The van der Waals surface area contributed by atoms with Crippen molar-refractivity contribution in [1.29, 1.82) is 0 Å². The summed E-state index contributed by atoms with van der Waals surface area (Å²) in [6.45, 7) is 3.20. The number of pyridine rings is 1. The Labute approximate surface area is 80.9 Å². The van der Waals surface area contributed by atoms with Crippen LogP contribution in [0.1, 0.15) is 5.69 Å². The highest BCUT2D eigenvalue weighted by atomic mass is 16.6. The van der Waals surface area contributed by atoms with Gasteiger partial charge in [-0.15, -0.1) is 0 Å². The predicted octanol–water partition coefficient (Wildman–Crippen LogP) is 1.64. The fraction of sp³-hybridized carbons (Fsp3) is 0.300. The van der Waals surface area contributed by atoms with Crippen LogP contribution >= 0.6 is 0 Å². The van der Waals surface area contributed by atoms with Crippen LogP contribution in [0.4, 0.5) is 0 Å². The Morgan fingerprint density at radius 1 is 1.36 bits per heavy atom. The summed E-state index contributed by atoms with van der Waals surface area (Å²) in [5.74, 6) is 1.51. The standard InChI is InChI=1S/C10H10N2O2/c1-6-4-7-9(12-6)10-8(5-11-7)13-2-3-14-10/h4-5,12H,2-3H2,1H3. The quantitative estimate of drug-likeness (QED) is 0.687. The van der Waals surface area contributed by atoms with Crippen LogP contribution in [0.5, 0.6) is 11.5 Å². The van der Waals surface area contributed by atoms with Gasteiger partial charge in [0.2, 0.25) is 0 Å². The number of aromatic nitrogens is 2. The van der Waals surface area contributed by atoms with E-state index in [9.17, 15) is 0 Å². The first kappa shape index (κ1) is 7.67. The first-order valence-electron chi connectivity index (χ1n) is 4.58. The molecule has 1 aliphatic rings. The highest BCUT2D eigenvalue weighted by molar-refractivity contribution is 5.85. The Bertz CT molecular complexity index is 490. The molecule has 14 heavy (non-hydrogen) atoms. The van der Waals surface area contributed by atoms with Gasteiger partial charge in [0.25, 0.3) is 0 Å². The molecule has 2 aromatic rings. The third-order valence-electron chi connectivity index (χ3n) is 2.29. The minimum absolute atomic E-state index is 0.597. The molecule has 0 saturated heterocycles. The van der Waals surface area contributed by atoms with Crippen LogP contribution in [-0.2, 0) is 0 Å². The molecule has 4 heteroatoms. The second-order valence-electron chi connectivity index (χ2n) is 3.36. The highest BCUT2D eigenvalue weighted by Crippen LogP contribution is 2.35. The molecule has 0 bridgehead atoms. The van der Waals surface area contributed by atoms with Crippen molar-refractivity contribution in [3.05, 3.63) is 18.0 Å². The van der Waals surface area contributed by atoms with Gasteiger partial charge in [0, 0.05) is 5.69 Å². The van der Waals surface area contributed by atoms with Gasteiger partial charge in [-0.2, -0.15) is 0 Å². The zero-order valence-electron chi connectivity index (χ0n) is 7.83. The molecule has 4 nitrogen and oxygen atoms in total. The number of aryl methyl sites for hydroxylation is 1. The first-order chi connectivity index (χ1) is 6.84. The van der Waals surface area contributed by atoms with Crippen LogP contribution in [0.15, 0.2) is 12.3 Å². The van der Waals surface area contributed by atoms with Crippen molar-refractivity contribution in [1.82, 2.24) is 9.97 Å². The van der Waals surface area contributed by atoms with Crippen LogP contribution in [0, 0.1) is 6.92 Å². The van der Waals surface area contributed by atoms with E-state index in [1.165, 1.54) is 0 Å². The van der Waals surface area contributed by atoms with Crippen LogP contribution in [0.2, 0.25) is 0 Å². The molecule has 3 heterocycles. The lowest BCUT2D eigenvalue weighted by atomic mass is 10.3. The van der Waals surface area contributed by atoms with Gasteiger partial charge in [-0.05, 0) is 13.0 Å². The number of fused-ring (bicyclic) bond motifs is 3. The Balaban J connectivity index is 2.33. The molecular formula is C10H10N2O2. The van der Waals surface area contributed by atoms with E-state index in [1.807, 2.05) is 13.0 Å². The molecule has 3 rings (SSSR count). The summed E-state index contributed by atoms with van der Waals surface area (Å²) < 4.78 is 11.0. The van der Waals surface area contributed by atoms with Crippen molar-refractivity contribution in [3.8, 4) is 11.5 Å². The summed E-state index contributed by atoms with van der Waals surface area (Å²) in [5.41, 5.74) is 2.93. The molecule has 1 aliphatic heterocycles. The molecule has 0 fully saturated rings. The second kappa shape index (κ2) is 2.64. The van der Waals surface area contributed by atoms with Crippen molar-refractivity contribution < 1.29 is 9.47 Å². The Hall–Kier alpha value is -1.71. The Kier molecular flexibility index (Phi) is 1.45. The van der Waals surface area contributed by atoms with Crippen molar-refractivity contribution in [2.45, 2.75) is 6.92 Å². The van der Waals surface area contributed by atoms with E-state index < -0.39 is 0 Å². The Morgan fingerprint density at radius 3 is 3.14 bits per heavy atom. The average molecular weight is 190 g/mol. The van der Waals surface area contributed by atoms with Crippen molar-refractivity contribution in [2.75, 3.05) is 13.2 Å². The first-order valence-corrected chi connectivity index (χ1v) is 4.58. The van der Waals surface area contributed by atoms with Gasteiger partial charge in [-0.1, -0.05) is 0 Å². The number of hydrogen-bond donors (Lipinski definition) is 1. The Morgan fingerprint density at radius 2 is 2.21 bits per heavy atom. The van der Waals surface area contributed by atoms with Crippen LogP contribution in [0.3, 0.4) is 0 Å². The van der Waals surface area contributed by atoms with E-state index >= 15 is 0 Å². The number of nitrogens with zero attached hydrogens (tertiary/aromatic N) is 1. The van der Waals surface area contributed by atoms with Gasteiger partial charge < -0.3 is 14.5 Å². The summed E-state index contributed by atoms with van der Waals surface area (Å²) in [7, 11) is 0. The van der Waals surface area contributed by atoms with Crippen LogP contribution in [0.25, 0.3) is 11.0 Å². The minimum atomic E-state index is 0.597. The number of ether oxygens (including phenoxy) is 2. The zero-order valence-corrected chi connectivity index (χ0v) is 7.83. The van der Waals surface area contributed by atoms with Gasteiger partial charge in [-0.25, -0.2) is 0 Å². The molecular weight excluding hydrogens is 180 g/mol. The lowest BCUT2D eigenvalue weighted by Crippen LogP contribution is -2.15. The fourth-order valence-electron chi connectivity index (χ4n) is 1.70. The highest BCUT2D eigenvalue weighted by Gasteiger charge is 2.16. The van der Waals surface area contributed by atoms with Gasteiger partial charge in [0.05, 0.1) is 11.7 Å². The van der Waals surface area contributed by atoms with Crippen molar-refractivity contribution in [3.63, 3.8) is 0 Å². The number of rotatable bonds is 0. The van der Waals surface area contributed by atoms with Crippen molar-refractivity contribution >= 4 is 11.0 Å². The molecule has 0 saturated carbocycles. The number of nitrogens with one attached hydrogen (secondary N) is 1. The van der Waals surface area contributed by atoms with Gasteiger partial charge in [0.15, 0.2) is 11.5 Å². The van der Waals surface area contributed by atoms with E-state index in [0.29, 0.717) is 13.2 Å². The smallest absolute Gasteiger partial charge is 0.188 e. The lowest BCUT2D eigenvalue weighted by Gasteiger charge is -2.17. The number of aromatic amines is 1.